The highest BCUT2D eigenvalue weighted by Gasteiger charge is 2.34. The van der Waals surface area contributed by atoms with Crippen molar-refractivity contribution in [3.8, 4) is 17.0 Å². The molecule has 2 heterocycles. The summed E-state index contributed by atoms with van der Waals surface area (Å²) in [6.07, 6.45) is 6.03. The van der Waals surface area contributed by atoms with Gasteiger partial charge in [0.05, 0.1) is 17.6 Å². The maximum Gasteiger partial charge on any atom is 0.358 e. The fourth-order valence-electron chi connectivity index (χ4n) is 3.06. The molecule has 2 saturated carbocycles. The summed E-state index contributed by atoms with van der Waals surface area (Å²) in [5.41, 5.74) is 2.48. The molecular formula is C18H16N4O3. The molecule has 0 spiro atoms. The molecule has 3 aromatic rings. The van der Waals surface area contributed by atoms with E-state index in [2.05, 4.69) is 15.3 Å². The van der Waals surface area contributed by atoms with E-state index in [1.54, 1.807) is 10.9 Å². The Kier molecular flexibility index (Phi) is 3.03. The van der Waals surface area contributed by atoms with Crippen molar-refractivity contribution in [1.29, 1.82) is 0 Å². The predicted molar refractivity (Wildman–Crippen MR) is 87.8 cm³/mol. The quantitative estimate of drug-likeness (QED) is 0.767. The van der Waals surface area contributed by atoms with Gasteiger partial charge in [-0.05, 0) is 49.9 Å². The Balaban J connectivity index is 1.48. The number of aromatic nitrogens is 4. The molecule has 126 valence electrons. The Labute approximate surface area is 143 Å². The first-order valence-corrected chi connectivity index (χ1v) is 8.46. The fourth-order valence-corrected chi connectivity index (χ4v) is 3.06. The second-order valence-corrected chi connectivity index (χ2v) is 6.70. The van der Waals surface area contributed by atoms with Gasteiger partial charge in [0.25, 0.3) is 0 Å². The van der Waals surface area contributed by atoms with Gasteiger partial charge in [-0.3, -0.25) is 0 Å². The lowest BCUT2D eigenvalue weighted by Crippen LogP contribution is -2.05. The molecule has 0 unspecified atom stereocenters. The molecule has 0 atom stereocenters. The number of rotatable bonds is 5. The second kappa shape index (κ2) is 5.27. The van der Waals surface area contributed by atoms with Gasteiger partial charge in [-0.15, -0.1) is 5.10 Å². The van der Waals surface area contributed by atoms with E-state index in [0.717, 1.165) is 48.6 Å². The van der Waals surface area contributed by atoms with Crippen LogP contribution in [0.15, 0.2) is 34.9 Å². The molecule has 2 aromatic heterocycles. The minimum Gasteiger partial charge on any atom is -0.476 e. The molecule has 0 aliphatic heterocycles. The second-order valence-electron chi connectivity index (χ2n) is 6.70. The average molecular weight is 336 g/mol. The number of hydrogen-bond acceptors (Lipinski definition) is 5. The highest BCUT2D eigenvalue weighted by atomic mass is 16.4. The summed E-state index contributed by atoms with van der Waals surface area (Å²) in [6, 6.07) is 7.68. The third-order valence-electron chi connectivity index (χ3n) is 4.72. The minimum atomic E-state index is -1.03. The molecular weight excluding hydrogens is 320 g/mol. The molecule has 0 amide bonds. The molecule has 5 rings (SSSR count). The number of carboxylic acids is 1. The van der Waals surface area contributed by atoms with Gasteiger partial charge in [0.15, 0.2) is 17.3 Å². The Hall–Kier alpha value is -2.96. The topological polar surface area (TPSA) is 94.0 Å². The van der Waals surface area contributed by atoms with E-state index in [0.29, 0.717) is 11.6 Å². The molecule has 2 aliphatic rings. The van der Waals surface area contributed by atoms with Crippen LogP contribution < -0.4 is 0 Å². The van der Waals surface area contributed by atoms with Gasteiger partial charge in [-0.25, -0.2) is 14.5 Å². The maximum absolute atomic E-state index is 11.4. The van der Waals surface area contributed by atoms with Crippen molar-refractivity contribution in [1.82, 2.24) is 20.0 Å². The number of carbonyl (C=O) groups is 1. The van der Waals surface area contributed by atoms with Gasteiger partial charge in [0.2, 0.25) is 0 Å². The number of nitrogens with zero attached hydrogens (tertiary/aromatic N) is 4. The SMILES string of the molecule is O=C(O)c1nnn(-c2ccc(-c3cnc(C4CC4)o3)cc2)c1C1CC1. The summed E-state index contributed by atoms with van der Waals surface area (Å²) in [5, 5.41) is 17.2. The highest BCUT2D eigenvalue weighted by Crippen LogP contribution is 2.42. The van der Waals surface area contributed by atoms with Gasteiger partial charge >= 0.3 is 5.97 Å². The molecule has 0 radical (unpaired) electrons. The van der Waals surface area contributed by atoms with Crippen LogP contribution in [0.5, 0.6) is 0 Å². The first-order chi connectivity index (χ1) is 12.2. The molecule has 25 heavy (non-hydrogen) atoms. The Morgan fingerprint density at radius 1 is 1.12 bits per heavy atom. The zero-order chi connectivity index (χ0) is 17.0. The van der Waals surface area contributed by atoms with Crippen molar-refractivity contribution >= 4 is 5.97 Å². The minimum absolute atomic E-state index is 0.0517. The summed E-state index contributed by atoms with van der Waals surface area (Å²) in [5.74, 6) is 1.26. The highest BCUT2D eigenvalue weighted by molar-refractivity contribution is 5.87. The number of oxazole rings is 1. The molecule has 7 heteroatoms. The summed E-state index contributed by atoms with van der Waals surface area (Å²) in [4.78, 5) is 15.7. The van der Waals surface area contributed by atoms with Gasteiger partial charge in [0.1, 0.15) is 0 Å². The summed E-state index contributed by atoms with van der Waals surface area (Å²) in [7, 11) is 0. The van der Waals surface area contributed by atoms with E-state index in [9.17, 15) is 9.90 Å². The molecule has 7 nitrogen and oxygen atoms in total. The summed E-state index contributed by atoms with van der Waals surface area (Å²) < 4.78 is 7.46. The Morgan fingerprint density at radius 2 is 1.84 bits per heavy atom. The monoisotopic (exact) mass is 336 g/mol. The first-order valence-electron chi connectivity index (χ1n) is 8.46. The normalized spacial score (nSPS) is 17.0. The Morgan fingerprint density at radius 3 is 2.48 bits per heavy atom. The third-order valence-corrected chi connectivity index (χ3v) is 4.72. The van der Waals surface area contributed by atoms with Crippen molar-refractivity contribution < 1.29 is 14.3 Å². The van der Waals surface area contributed by atoms with Crippen LogP contribution in [0, 0.1) is 0 Å². The van der Waals surface area contributed by atoms with Crippen LogP contribution in [-0.2, 0) is 0 Å². The smallest absolute Gasteiger partial charge is 0.358 e. The lowest BCUT2D eigenvalue weighted by molar-refractivity contribution is 0.0689. The van der Waals surface area contributed by atoms with E-state index >= 15 is 0 Å². The number of benzene rings is 1. The zero-order valence-electron chi connectivity index (χ0n) is 13.4. The number of carboxylic acid groups (broad SMARTS) is 1. The van der Waals surface area contributed by atoms with E-state index < -0.39 is 5.97 Å². The van der Waals surface area contributed by atoms with Crippen molar-refractivity contribution in [2.24, 2.45) is 0 Å². The van der Waals surface area contributed by atoms with Crippen LogP contribution >= 0.6 is 0 Å². The van der Waals surface area contributed by atoms with E-state index in [-0.39, 0.29) is 11.6 Å². The van der Waals surface area contributed by atoms with Crippen LogP contribution in [0.25, 0.3) is 17.0 Å². The number of aromatic carboxylic acids is 1. The van der Waals surface area contributed by atoms with Crippen LogP contribution in [-0.4, -0.2) is 31.1 Å². The molecule has 1 aromatic carbocycles. The molecule has 0 bridgehead atoms. The summed E-state index contributed by atoms with van der Waals surface area (Å²) in [6.45, 7) is 0. The van der Waals surface area contributed by atoms with E-state index in [1.807, 2.05) is 24.3 Å². The van der Waals surface area contributed by atoms with Crippen LogP contribution in [0.1, 0.15) is 59.6 Å². The van der Waals surface area contributed by atoms with Crippen LogP contribution in [0.4, 0.5) is 0 Å². The van der Waals surface area contributed by atoms with E-state index in [1.165, 1.54) is 0 Å². The van der Waals surface area contributed by atoms with Gasteiger partial charge in [0, 0.05) is 17.4 Å². The van der Waals surface area contributed by atoms with Gasteiger partial charge < -0.3 is 9.52 Å². The molecule has 0 saturated heterocycles. The van der Waals surface area contributed by atoms with Crippen molar-refractivity contribution in [3.05, 3.63) is 47.7 Å². The average Bonchev–Trinajstić information content (AvgIpc) is 3.56. The van der Waals surface area contributed by atoms with Crippen LogP contribution in [0.3, 0.4) is 0 Å². The molecule has 1 N–H and O–H groups in total. The summed E-state index contributed by atoms with van der Waals surface area (Å²) >= 11 is 0. The van der Waals surface area contributed by atoms with Crippen LogP contribution in [0.2, 0.25) is 0 Å². The van der Waals surface area contributed by atoms with E-state index in [4.69, 9.17) is 4.42 Å². The number of hydrogen-bond donors (Lipinski definition) is 1. The molecule has 2 fully saturated rings. The van der Waals surface area contributed by atoms with Gasteiger partial charge in [-0.1, -0.05) is 5.21 Å². The van der Waals surface area contributed by atoms with Crippen molar-refractivity contribution in [2.45, 2.75) is 37.5 Å². The lowest BCUT2D eigenvalue weighted by Gasteiger charge is -2.06. The largest absolute Gasteiger partial charge is 0.476 e. The fraction of sp³-hybridized carbons (Fsp3) is 0.333. The maximum atomic E-state index is 11.4. The van der Waals surface area contributed by atoms with Crippen molar-refractivity contribution in [3.63, 3.8) is 0 Å². The zero-order valence-corrected chi connectivity index (χ0v) is 13.4. The standard InChI is InChI=1S/C18H16N4O3/c23-18(24)15-16(11-1-2-11)22(21-20-15)13-7-5-10(6-8-13)14-9-19-17(25-14)12-3-4-12/h5-9,11-12H,1-4H2,(H,23,24). The van der Waals surface area contributed by atoms with Crippen molar-refractivity contribution in [2.75, 3.05) is 0 Å². The first kappa shape index (κ1) is 14.4. The lowest BCUT2D eigenvalue weighted by atomic mass is 10.1. The third kappa shape index (κ3) is 2.52. The van der Waals surface area contributed by atoms with Gasteiger partial charge in [-0.2, -0.15) is 0 Å². The predicted octanol–water partition coefficient (Wildman–Crippen LogP) is 3.38. The molecule has 2 aliphatic carbocycles. The Bertz CT molecular complexity index is 949.